The highest BCUT2D eigenvalue weighted by atomic mass is 127. The molecule has 0 spiro atoms. The number of hydrogen-bond acceptors (Lipinski definition) is 1. The lowest BCUT2D eigenvalue weighted by Gasteiger charge is -2.30. The van der Waals surface area contributed by atoms with E-state index in [1.54, 1.807) is 0 Å². The molecular formula is C15H18ClIO. The summed E-state index contributed by atoms with van der Waals surface area (Å²) in [5.41, 5.74) is 0.813. The molecule has 2 atom stereocenters. The smallest absolute Gasteiger partial charge is 0.167 e. The zero-order valence-corrected chi connectivity index (χ0v) is 13.5. The molecule has 2 rings (SSSR count). The van der Waals surface area contributed by atoms with E-state index in [-0.39, 0.29) is 5.92 Å². The molecule has 2 unspecified atom stereocenters. The van der Waals surface area contributed by atoms with Crippen LogP contribution in [0.15, 0.2) is 18.2 Å². The first-order valence-electron chi connectivity index (χ1n) is 6.62. The number of carbonyl (C=O) groups is 1. The first-order valence-corrected chi connectivity index (χ1v) is 8.08. The summed E-state index contributed by atoms with van der Waals surface area (Å²) in [5, 5.41) is 0.655. The van der Waals surface area contributed by atoms with Gasteiger partial charge in [0.15, 0.2) is 5.78 Å². The van der Waals surface area contributed by atoms with E-state index in [0.717, 1.165) is 22.0 Å². The number of benzene rings is 1. The van der Waals surface area contributed by atoms with Crippen LogP contribution in [-0.4, -0.2) is 5.78 Å². The van der Waals surface area contributed by atoms with E-state index in [4.69, 9.17) is 11.6 Å². The lowest BCUT2D eigenvalue weighted by Crippen LogP contribution is -2.27. The molecule has 98 valence electrons. The van der Waals surface area contributed by atoms with Crippen LogP contribution in [0.25, 0.3) is 0 Å². The van der Waals surface area contributed by atoms with Crippen molar-refractivity contribution in [2.45, 2.75) is 39.0 Å². The van der Waals surface area contributed by atoms with Crippen molar-refractivity contribution in [1.82, 2.24) is 0 Å². The Balaban J connectivity index is 2.26. The third-order valence-corrected chi connectivity index (χ3v) is 5.14. The molecule has 1 aromatic rings. The maximum Gasteiger partial charge on any atom is 0.167 e. The fourth-order valence-corrected chi connectivity index (χ4v) is 3.70. The van der Waals surface area contributed by atoms with Crippen molar-refractivity contribution < 1.29 is 4.79 Å². The molecule has 0 bridgehead atoms. The summed E-state index contributed by atoms with van der Waals surface area (Å²) in [6.07, 6.45) is 5.80. The topological polar surface area (TPSA) is 17.1 Å². The normalized spacial score (nSPS) is 23.9. The quantitative estimate of drug-likeness (QED) is 0.514. The van der Waals surface area contributed by atoms with Crippen LogP contribution in [0.3, 0.4) is 0 Å². The van der Waals surface area contributed by atoms with Crippen molar-refractivity contribution in [3.63, 3.8) is 0 Å². The second-order valence-corrected chi connectivity index (χ2v) is 6.65. The summed E-state index contributed by atoms with van der Waals surface area (Å²) in [7, 11) is 0. The van der Waals surface area contributed by atoms with Crippen molar-refractivity contribution >= 4 is 40.0 Å². The molecule has 0 saturated heterocycles. The Morgan fingerprint density at radius 3 is 2.83 bits per heavy atom. The van der Waals surface area contributed by atoms with E-state index >= 15 is 0 Å². The predicted molar refractivity (Wildman–Crippen MR) is 84.2 cm³/mol. The molecule has 1 aliphatic rings. The second kappa shape index (κ2) is 6.38. The summed E-state index contributed by atoms with van der Waals surface area (Å²) < 4.78 is 1.02. The Bertz CT molecular complexity index is 444. The molecule has 0 amide bonds. The van der Waals surface area contributed by atoms with Gasteiger partial charge in [-0.05, 0) is 59.5 Å². The third kappa shape index (κ3) is 3.08. The first-order chi connectivity index (χ1) is 8.63. The van der Waals surface area contributed by atoms with Gasteiger partial charge in [0.05, 0.1) is 0 Å². The predicted octanol–water partition coefficient (Wildman–Crippen LogP) is 5.34. The van der Waals surface area contributed by atoms with Gasteiger partial charge in [-0.2, -0.15) is 0 Å². The van der Waals surface area contributed by atoms with Crippen LogP contribution in [0, 0.1) is 15.4 Å². The number of Topliss-reactive ketones (excluding diaryl/α,β-unsaturated/α-hetero) is 1. The summed E-state index contributed by atoms with van der Waals surface area (Å²) in [4.78, 5) is 12.7. The van der Waals surface area contributed by atoms with E-state index in [1.807, 2.05) is 18.2 Å². The van der Waals surface area contributed by atoms with Crippen LogP contribution in [0.5, 0.6) is 0 Å². The first kappa shape index (κ1) is 14.3. The molecule has 3 heteroatoms. The largest absolute Gasteiger partial charge is 0.294 e. The highest BCUT2D eigenvalue weighted by Crippen LogP contribution is 2.35. The van der Waals surface area contributed by atoms with Gasteiger partial charge in [-0.1, -0.05) is 37.8 Å². The van der Waals surface area contributed by atoms with Crippen LogP contribution in [0.4, 0.5) is 0 Å². The lowest BCUT2D eigenvalue weighted by molar-refractivity contribution is 0.0819. The summed E-state index contributed by atoms with van der Waals surface area (Å²) in [6, 6.07) is 5.60. The average molecular weight is 377 g/mol. The minimum Gasteiger partial charge on any atom is -0.294 e. The maximum atomic E-state index is 12.7. The molecule has 18 heavy (non-hydrogen) atoms. The number of rotatable bonds is 3. The molecule has 0 aromatic heterocycles. The zero-order chi connectivity index (χ0) is 13.1. The SMILES string of the molecule is CCC1CCCCC1C(=O)c1cc(Cl)ccc1I. The van der Waals surface area contributed by atoms with Crippen molar-refractivity contribution in [1.29, 1.82) is 0 Å². The van der Waals surface area contributed by atoms with E-state index in [0.29, 0.717) is 16.7 Å². The molecule has 1 aliphatic carbocycles. The zero-order valence-electron chi connectivity index (χ0n) is 10.6. The van der Waals surface area contributed by atoms with Crippen molar-refractivity contribution in [3.8, 4) is 0 Å². The molecule has 1 nitrogen and oxygen atoms in total. The van der Waals surface area contributed by atoms with Gasteiger partial charge in [0.2, 0.25) is 0 Å². The van der Waals surface area contributed by atoms with Gasteiger partial charge in [0, 0.05) is 20.1 Å². The summed E-state index contributed by atoms with van der Waals surface area (Å²) >= 11 is 8.24. The molecule has 0 heterocycles. The molecule has 1 aromatic carbocycles. The van der Waals surface area contributed by atoms with Crippen LogP contribution >= 0.6 is 34.2 Å². The lowest BCUT2D eigenvalue weighted by atomic mass is 9.74. The second-order valence-electron chi connectivity index (χ2n) is 5.05. The monoisotopic (exact) mass is 376 g/mol. The highest BCUT2D eigenvalue weighted by molar-refractivity contribution is 14.1. The molecule has 0 N–H and O–H groups in total. The van der Waals surface area contributed by atoms with Gasteiger partial charge in [0.25, 0.3) is 0 Å². The Morgan fingerprint density at radius 1 is 1.39 bits per heavy atom. The van der Waals surface area contributed by atoms with E-state index in [2.05, 4.69) is 29.5 Å². The van der Waals surface area contributed by atoms with Crippen molar-refractivity contribution in [3.05, 3.63) is 32.4 Å². The third-order valence-electron chi connectivity index (χ3n) is 3.96. The Kier molecular flexibility index (Phi) is 5.07. The van der Waals surface area contributed by atoms with E-state index < -0.39 is 0 Å². The number of carbonyl (C=O) groups excluding carboxylic acids is 1. The number of halogens is 2. The van der Waals surface area contributed by atoms with Gasteiger partial charge in [-0.3, -0.25) is 4.79 Å². The van der Waals surface area contributed by atoms with Crippen LogP contribution in [-0.2, 0) is 0 Å². The Labute approximate surface area is 127 Å². The Morgan fingerprint density at radius 2 is 2.11 bits per heavy atom. The fourth-order valence-electron chi connectivity index (χ4n) is 2.93. The van der Waals surface area contributed by atoms with Crippen molar-refractivity contribution in [2.75, 3.05) is 0 Å². The van der Waals surface area contributed by atoms with Crippen LogP contribution in [0.1, 0.15) is 49.4 Å². The minimum absolute atomic E-state index is 0.204. The van der Waals surface area contributed by atoms with Gasteiger partial charge >= 0.3 is 0 Å². The maximum absolute atomic E-state index is 12.7. The number of ketones is 1. The molecule has 1 saturated carbocycles. The van der Waals surface area contributed by atoms with Crippen molar-refractivity contribution in [2.24, 2.45) is 11.8 Å². The van der Waals surface area contributed by atoms with Gasteiger partial charge in [-0.15, -0.1) is 0 Å². The van der Waals surface area contributed by atoms with Crippen LogP contribution in [0.2, 0.25) is 5.02 Å². The van der Waals surface area contributed by atoms with E-state index in [1.165, 1.54) is 19.3 Å². The molecule has 1 fully saturated rings. The van der Waals surface area contributed by atoms with E-state index in [9.17, 15) is 4.79 Å². The van der Waals surface area contributed by atoms with Gasteiger partial charge in [-0.25, -0.2) is 0 Å². The summed E-state index contributed by atoms with van der Waals surface area (Å²) in [6.45, 7) is 2.19. The molecular weight excluding hydrogens is 359 g/mol. The van der Waals surface area contributed by atoms with Gasteiger partial charge in [0.1, 0.15) is 0 Å². The fraction of sp³-hybridized carbons (Fsp3) is 0.533. The van der Waals surface area contributed by atoms with Crippen LogP contribution < -0.4 is 0 Å². The average Bonchev–Trinajstić information content (AvgIpc) is 2.40. The summed E-state index contributed by atoms with van der Waals surface area (Å²) in [5.74, 6) is 1.06. The van der Waals surface area contributed by atoms with Gasteiger partial charge < -0.3 is 0 Å². The number of hydrogen-bond donors (Lipinski definition) is 0. The minimum atomic E-state index is 0.204. The molecule has 0 radical (unpaired) electrons. The Hall–Kier alpha value is -0.0900. The standard InChI is InChI=1S/C15H18ClIO/c1-2-10-5-3-4-6-12(10)15(18)13-9-11(16)7-8-14(13)17/h7-10,12H,2-6H2,1H3. The highest BCUT2D eigenvalue weighted by Gasteiger charge is 2.31. The molecule has 0 aliphatic heterocycles.